The summed E-state index contributed by atoms with van der Waals surface area (Å²) in [6, 6.07) is 4.36. The van der Waals surface area contributed by atoms with E-state index in [1.54, 1.807) is 0 Å². The monoisotopic (exact) mass is 264 g/mol. The van der Waals surface area contributed by atoms with Gasteiger partial charge in [-0.3, -0.25) is 4.79 Å². The molecule has 94 valence electrons. The lowest BCUT2D eigenvalue weighted by atomic mass is 10.1. The molecule has 1 aromatic carbocycles. The van der Waals surface area contributed by atoms with Gasteiger partial charge in [-0.1, -0.05) is 23.6 Å². The molecular weight excluding hydrogens is 252 g/mol. The van der Waals surface area contributed by atoms with E-state index in [0.717, 1.165) is 11.8 Å². The van der Waals surface area contributed by atoms with Gasteiger partial charge in [0.15, 0.2) is 5.12 Å². The maximum Gasteiger partial charge on any atom is 0.337 e. The molecule has 5 heteroatoms. The van der Waals surface area contributed by atoms with Gasteiger partial charge in [0, 0.05) is 6.92 Å². The van der Waals surface area contributed by atoms with Gasteiger partial charge < -0.3 is 9.84 Å². The molecule has 0 aliphatic carbocycles. The number of methoxy groups -OCH3 is 1. The SMILES string of the molecule is COC(=O)c1ccc(C#CCSC(C)=O)c(O)c1. The Bertz CT molecular complexity index is 526. The van der Waals surface area contributed by atoms with Crippen molar-refractivity contribution in [1.82, 2.24) is 0 Å². The first kappa shape index (κ1) is 14.1. The summed E-state index contributed by atoms with van der Waals surface area (Å²) in [4.78, 5) is 21.9. The van der Waals surface area contributed by atoms with Crippen molar-refractivity contribution < 1.29 is 19.4 Å². The Kier molecular flexibility index (Phi) is 5.28. The Morgan fingerprint density at radius 3 is 2.72 bits per heavy atom. The summed E-state index contributed by atoms with van der Waals surface area (Å²) in [6.07, 6.45) is 0. The molecule has 0 unspecified atom stereocenters. The first-order chi connectivity index (χ1) is 8.54. The number of benzene rings is 1. The van der Waals surface area contributed by atoms with Crippen LogP contribution in [-0.4, -0.2) is 29.1 Å². The summed E-state index contributed by atoms with van der Waals surface area (Å²) >= 11 is 1.10. The van der Waals surface area contributed by atoms with Crippen LogP contribution < -0.4 is 0 Å². The molecule has 0 aliphatic heterocycles. The van der Waals surface area contributed by atoms with E-state index in [1.807, 2.05) is 0 Å². The number of hydrogen-bond donors (Lipinski definition) is 1. The van der Waals surface area contributed by atoms with Crippen LogP contribution in [0.3, 0.4) is 0 Å². The third-order valence-corrected chi connectivity index (χ3v) is 2.68. The molecule has 0 saturated carbocycles. The van der Waals surface area contributed by atoms with Crippen molar-refractivity contribution in [2.75, 3.05) is 12.9 Å². The smallest absolute Gasteiger partial charge is 0.337 e. The molecule has 0 radical (unpaired) electrons. The molecule has 0 amide bonds. The second-order valence-electron chi connectivity index (χ2n) is 3.31. The number of ether oxygens (including phenoxy) is 1. The minimum Gasteiger partial charge on any atom is -0.507 e. The van der Waals surface area contributed by atoms with Gasteiger partial charge in [0.2, 0.25) is 0 Å². The highest BCUT2D eigenvalue weighted by molar-refractivity contribution is 8.13. The highest BCUT2D eigenvalue weighted by atomic mass is 32.2. The van der Waals surface area contributed by atoms with Crippen LogP contribution in [0.4, 0.5) is 0 Å². The average molecular weight is 264 g/mol. The van der Waals surface area contributed by atoms with E-state index < -0.39 is 5.97 Å². The molecule has 1 aromatic rings. The van der Waals surface area contributed by atoms with E-state index in [2.05, 4.69) is 16.6 Å². The lowest BCUT2D eigenvalue weighted by Gasteiger charge is -2.01. The van der Waals surface area contributed by atoms with Crippen molar-refractivity contribution >= 4 is 22.8 Å². The van der Waals surface area contributed by atoms with Crippen molar-refractivity contribution in [3.8, 4) is 17.6 Å². The predicted octanol–water partition coefficient (Wildman–Crippen LogP) is 1.81. The number of carbonyl (C=O) groups excluding carboxylic acids is 2. The van der Waals surface area contributed by atoms with E-state index in [0.29, 0.717) is 11.3 Å². The number of phenols is 1. The molecule has 1 N–H and O–H groups in total. The van der Waals surface area contributed by atoms with Gasteiger partial charge in [0.25, 0.3) is 0 Å². The van der Waals surface area contributed by atoms with Crippen LogP contribution in [0, 0.1) is 11.8 Å². The Morgan fingerprint density at radius 2 is 2.17 bits per heavy atom. The van der Waals surface area contributed by atoms with Gasteiger partial charge in [-0.2, -0.15) is 0 Å². The zero-order valence-electron chi connectivity index (χ0n) is 10.0. The van der Waals surface area contributed by atoms with E-state index in [9.17, 15) is 14.7 Å². The largest absolute Gasteiger partial charge is 0.507 e. The van der Waals surface area contributed by atoms with Crippen LogP contribution in [0.25, 0.3) is 0 Å². The minimum absolute atomic E-state index is 0.00504. The molecule has 1 rings (SSSR count). The van der Waals surface area contributed by atoms with Gasteiger partial charge in [-0.15, -0.1) is 0 Å². The molecule has 18 heavy (non-hydrogen) atoms. The molecule has 0 spiro atoms. The average Bonchev–Trinajstić information content (AvgIpc) is 2.34. The summed E-state index contributed by atoms with van der Waals surface area (Å²) in [5.41, 5.74) is 0.672. The van der Waals surface area contributed by atoms with Gasteiger partial charge in [0.1, 0.15) is 5.75 Å². The van der Waals surface area contributed by atoms with E-state index >= 15 is 0 Å². The molecule has 4 nitrogen and oxygen atoms in total. The van der Waals surface area contributed by atoms with Crippen LogP contribution >= 0.6 is 11.8 Å². The fraction of sp³-hybridized carbons (Fsp3) is 0.231. The fourth-order valence-corrected chi connectivity index (χ4v) is 1.50. The highest BCUT2D eigenvalue weighted by Crippen LogP contribution is 2.18. The molecular formula is C13H12O4S. The first-order valence-corrected chi connectivity index (χ1v) is 6.06. The summed E-state index contributed by atoms with van der Waals surface area (Å²) in [5, 5.41) is 9.66. The number of carbonyl (C=O) groups is 2. The van der Waals surface area contributed by atoms with Crippen molar-refractivity contribution in [3.05, 3.63) is 29.3 Å². The van der Waals surface area contributed by atoms with Gasteiger partial charge in [-0.05, 0) is 18.2 Å². The first-order valence-electron chi connectivity index (χ1n) is 5.08. The minimum atomic E-state index is -0.517. The third-order valence-electron chi connectivity index (χ3n) is 1.99. The fourth-order valence-electron chi connectivity index (χ4n) is 1.15. The van der Waals surface area contributed by atoms with Gasteiger partial charge in [0.05, 0.1) is 24.0 Å². The number of aromatic hydroxyl groups is 1. The van der Waals surface area contributed by atoms with Crippen LogP contribution in [0.5, 0.6) is 5.75 Å². The van der Waals surface area contributed by atoms with E-state index in [1.165, 1.54) is 32.2 Å². The maximum absolute atomic E-state index is 11.2. The Morgan fingerprint density at radius 1 is 1.44 bits per heavy atom. The lowest BCUT2D eigenvalue weighted by molar-refractivity contribution is -0.109. The standard InChI is InChI=1S/C13H12O4S/c1-9(14)18-7-3-4-10-5-6-11(8-12(10)15)13(16)17-2/h5-6,8,15H,7H2,1-2H3. The molecule has 0 bridgehead atoms. The summed E-state index contributed by atoms with van der Waals surface area (Å²) in [6.45, 7) is 1.47. The number of hydrogen-bond acceptors (Lipinski definition) is 5. The number of esters is 1. The zero-order chi connectivity index (χ0) is 13.5. The molecule has 0 atom stereocenters. The van der Waals surface area contributed by atoms with Crippen LogP contribution in [0.2, 0.25) is 0 Å². The van der Waals surface area contributed by atoms with E-state index in [-0.39, 0.29) is 16.4 Å². The number of rotatable bonds is 2. The number of phenolic OH excluding ortho intramolecular Hbond substituents is 1. The maximum atomic E-state index is 11.2. The number of thioether (sulfide) groups is 1. The molecule has 0 aliphatic rings. The van der Waals surface area contributed by atoms with E-state index in [4.69, 9.17) is 0 Å². The van der Waals surface area contributed by atoms with Crippen molar-refractivity contribution in [1.29, 1.82) is 0 Å². The summed E-state index contributed by atoms with van der Waals surface area (Å²) in [7, 11) is 1.27. The Labute approximate surface area is 109 Å². The second-order valence-corrected chi connectivity index (χ2v) is 4.46. The highest BCUT2D eigenvalue weighted by Gasteiger charge is 2.07. The second kappa shape index (κ2) is 6.72. The third kappa shape index (κ3) is 4.15. The zero-order valence-corrected chi connectivity index (χ0v) is 10.8. The van der Waals surface area contributed by atoms with Gasteiger partial charge in [-0.25, -0.2) is 4.79 Å². The lowest BCUT2D eigenvalue weighted by Crippen LogP contribution is -2.00. The quantitative estimate of drug-likeness (QED) is 0.652. The summed E-state index contributed by atoms with van der Waals surface area (Å²) < 4.78 is 4.53. The van der Waals surface area contributed by atoms with Gasteiger partial charge >= 0.3 is 5.97 Å². The molecule has 0 fully saturated rings. The Hall–Kier alpha value is -1.93. The van der Waals surface area contributed by atoms with Crippen molar-refractivity contribution in [2.45, 2.75) is 6.92 Å². The van der Waals surface area contributed by atoms with Crippen LogP contribution in [0.15, 0.2) is 18.2 Å². The summed E-state index contributed by atoms with van der Waals surface area (Å²) in [5.74, 6) is 5.25. The molecule has 0 saturated heterocycles. The molecule has 0 heterocycles. The van der Waals surface area contributed by atoms with Crippen LogP contribution in [0.1, 0.15) is 22.8 Å². The Balaban J connectivity index is 2.79. The van der Waals surface area contributed by atoms with Crippen LogP contribution in [-0.2, 0) is 9.53 Å². The molecule has 0 aromatic heterocycles. The van der Waals surface area contributed by atoms with Crippen molar-refractivity contribution in [3.63, 3.8) is 0 Å². The normalized spacial score (nSPS) is 9.22. The van der Waals surface area contributed by atoms with Crippen molar-refractivity contribution in [2.24, 2.45) is 0 Å². The topological polar surface area (TPSA) is 63.6 Å². The predicted molar refractivity (Wildman–Crippen MR) is 69.5 cm³/mol.